The Hall–Kier alpha value is -0.720. The summed E-state index contributed by atoms with van der Waals surface area (Å²) < 4.78 is 1.13. The van der Waals surface area contributed by atoms with E-state index >= 15 is 0 Å². The second-order valence-corrected chi connectivity index (χ2v) is 8.53. The topological polar surface area (TPSA) is 42.9 Å². The molecule has 0 saturated heterocycles. The van der Waals surface area contributed by atoms with Crippen molar-refractivity contribution in [3.8, 4) is 0 Å². The molecule has 0 spiro atoms. The van der Waals surface area contributed by atoms with E-state index in [9.17, 15) is 4.79 Å². The number of ketones is 1. The first-order valence-corrected chi connectivity index (χ1v) is 9.39. The van der Waals surface area contributed by atoms with E-state index < -0.39 is 0 Å². The smallest absolute Gasteiger partial charge is 0.188 e. The van der Waals surface area contributed by atoms with Crippen LogP contribution in [0.1, 0.15) is 41.9 Å². The van der Waals surface area contributed by atoms with Crippen LogP contribution in [0.3, 0.4) is 0 Å². The third-order valence-corrected chi connectivity index (χ3v) is 6.22. The molecule has 0 unspecified atom stereocenters. The highest BCUT2D eigenvalue weighted by Gasteiger charge is 2.32. The van der Waals surface area contributed by atoms with Crippen LogP contribution in [0.25, 0.3) is 0 Å². The normalized spacial score (nSPS) is 16.8. The Morgan fingerprint density at radius 1 is 1.38 bits per heavy atom. The fraction of sp³-hybridized carbons (Fsp3) is 0.400. The fourth-order valence-electron chi connectivity index (χ4n) is 2.43. The molecule has 2 aromatic heterocycles. The monoisotopic (exact) mass is 382 g/mol. The van der Waals surface area contributed by atoms with Gasteiger partial charge in [-0.15, -0.1) is 0 Å². The van der Waals surface area contributed by atoms with Gasteiger partial charge in [-0.3, -0.25) is 4.79 Å². The van der Waals surface area contributed by atoms with Gasteiger partial charge in [-0.25, -0.2) is 9.97 Å². The average molecular weight is 383 g/mol. The number of carbonyl (C=O) groups excluding carboxylic acids is 1. The summed E-state index contributed by atoms with van der Waals surface area (Å²) in [6.07, 6.45) is 3.12. The minimum absolute atomic E-state index is 0.00321. The Bertz CT molecular complexity index is 697. The van der Waals surface area contributed by atoms with Gasteiger partial charge in [0, 0.05) is 28.2 Å². The first-order valence-electron chi connectivity index (χ1n) is 6.67. The van der Waals surface area contributed by atoms with Crippen LogP contribution in [0.2, 0.25) is 0 Å². The van der Waals surface area contributed by atoms with Gasteiger partial charge < -0.3 is 0 Å². The summed E-state index contributed by atoms with van der Waals surface area (Å²) in [6.45, 7) is 4.23. The van der Waals surface area contributed by atoms with Crippen molar-refractivity contribution in [2.45, 2.75) is 37.6 Å². The number of hydrogen-bond acceptors (Lipinski definition) is 5. The van der Waals surface area contributed by atoms with Crippen LogP contribution in [0.15, 0.2) is 26.6 Å². The third-order valence-electron chi connectivity index (χ3n) is 3.48. The number of Topliss-reactive ketones (excluding diaryl/α,β-unsaturated/α-hetero) is 1. The zero-order valence-electron chi connectivity index (χ0n) is 11.9. The maximum atomic E-state index is 12.1. The lowest BCUT2D eigenvalue weighted by Gasteiger charge is -2.29. The Morgan fingerprint density at radius 3 is 2.90 bits per heavy atom. The molecular formula is C15H15BrN2OS2. The summed E-state index contributed by atoms with van der Waals surface area (Å²) >= 11 is 6.82. The Balaban J connectivity index is 1.80. The summed E-state index contributed by atoms with van der Waals surface area (Å²) in [5.41, 5.74) is 2.85. The molecule has 0 atom stereocenters. The zero-order valence-corrected chi connectivity index (χ0v) is 15.1. The van der Waals surface area contributed by atoms with E-state index in [0.717, 1.165) is 27.5 Å². The van der Waals surface area contributed by atoms with E-state index in [4.69, 9.17) is 0 Å². The van der Waals surface area contributed by atoms with Gasteiger partial charge in [-0.2, -0.15) is 11.3 Å². The lowest BCUT2D eigenvalue weighted by molar-refractivity contribution is 0.0909. The maximum absolute atomic E-state index is 12.1. The summed E-state index contributed by atoms with van der Waals surface area (Å²) in [5.74, 6) is 0.999. The van der Waals surface area contributed by atoms with Gasteiger partial charge in [0.2, 0.25) is 0 Å². The number of aromatic nitrogens is 2. The summed E-state index contributed by atoms with van der Waals surface area (Å²) in [5, 5.41) is 4.95. The molecule has 3 rings (SSSR count). The molecule has 2 aromatic rings. The summed E-state index contributed by atoms with van der Waals surface area (Å²) in [6, 6.07) is 0. The highest BCUT2D eigenvalue weighted by Crippen LogP contribution is 2.34. The molecule has 6 heteroatoms. The first kappa shape index (κ1) is 15.2. The number of thiophene rings is 1. The Labute approximate surface area is 140 Å². The number of thioether (sulfide) groups is 1. The van der Waals surface area contributed by atoms with E-state index in [1.165, 1.54) is 5.56 Å². The third kappa shape index (κ3) is 3.38. The number of rotatable bonds is 3. The van der Waals surface area contributed by atoms with Crippen molar-refractivity contribution in [1.82, 2.24) is 9.97 Å². The quantitative estimate of drug-likeness (QED) is 0.567. The van der Waals surface area contributed by atoms with Gasteiger partial charge in [0.15, 0.2) is 10.9 Å². The summed E-state index contributed by atoms with van der Waals surface area (Å²) in [4.78, 5) is 21.1. The largest absolute Gasteiger partial charge is 0.294 e. The fourth-order valence-corrected chi connectivity index (χ4v) is 4.99. The van der Waals surface area contributed by atoms with Crippen molar-refractivity contribution in [3.05, 3.63) is 38.3 Å². The number of nitrogens with zero attached hydrogens (tertiary/aromatic N) is 2. The Kier molecular flexibility index (Phi) is 4.21. The molecule has 0 aliphatic heterocycles. The van der Waals surface area contributed by atoms with Gasteiger partial charge >= 0.3 is 0 Å². The molecule has 1 aliphatic rings. The van der Waals surface area contributed by atoms with Gasteiger partial charge in [0.1, 0.15) is 0 Å². The minimum Gasteiger partial charge on any atom is -0.294 e. The van der Waals surface area contributed by atoms with Gasteiger partial charge in [0.05, 0.1) is 11.3 Å². The molecule has 110 valence electrons. The van der Waals surface area contributed by atoms with Crippen LogP contribution in [0, 0.1) is 5.41 Å². The standard InChI is InChI=1S/C15H15BrN2OS2/c1-15(2)3-12-10(13(19)4-15)5-17-14(18-12)21-7-9-6-20-8-11(9)16/h5-6,8H,3-4,7H2,1-2H3. The van der Waals surface area contributed by atoms with Crippen LogP contribution < -0.4 is 0 Å². The SMILES string of the molecule is CC1(C)CC(=O)c2cnc(SCc3cscc3Br)nc2C1. The number of fused-ring (bicyclic) bond motifs is 1. The van der Waals surface area contributed by atoms with Crippen LogP contribution in [0.4, 0.5) is 0 Å². The minimum atomic E-state index is -0.00321. The highest BCUT2D eigenvalue weighted by molar-refractivity contribution is 9.10. The van der Waals surface area contributed by atoms with Crippen LogP contribution in [-0.2, 0) is 12.2 Å². The lowest BCUT2D eigenvalue weighted by atomic mass is 9.76. The predicted octanol–water partition coefficient (Wildman–Crippen LogP) is 4.75. The Morgan fingerprint density at radius 2 is 2.19 bits per heavy atom. The van der Waals surface area contributed by atoms with Crippen molar-refractivity contribution in [2.75, 3.05) is 0 Å². The van der Waals surface area contributed by atoms with Crippen molar-refractivity contribution in [1.29, 1.82) is 0 Å². The summed E-state index contributed by atoms with van der Waals surface area (Å²) in [7, 11) is 0. The molecule has 0 amide bonds. The van der Waals surface area contributed by atoms with E-state index in [2.05, 4.69) is 50.5 Å². The second-order valence-electron chi connectivity index (χ2n) is 5.99. The van der Waals surface area contributed by atoms with Crippen molar-refractivity contribution < 1.29 is 4.79 Å². The number of carbonyl (C=O) groups is 1. The van der Waals surface area contributed by atoms with E-state index in [-0.39, 0.29) is 11.2 Å². The van der Waals surface area contributed by atoms with Crippen LogP contribution >= 0.6 is 39.0 Å². The highest BCUT2D eigenvalue weighted by atomic mass is 79.9. The molecule has 0 fully saturated rings. The number of hydrogen-bond donors (Lipinski definition) is 0. The van der Waals surface area contributed by atoms with Crippen molar-refractivity contribution in [3.63, 3.8) is 0 Å². The molecule has 2 heterocycles. The predicted molar refractivity (Wildman–Crippen MR) is 90.0 cm³/mol. The van der Waals surface area contributed by atoms with Gasteiger partial charge in [-0.05, 0) is 38.7 Å². The molecule has 3 nitrogen and oxygen atoms in total. The molecule has 0 radical (unpaired) electrons. The second kappa shape index (κ2) is 5.82. The van der Waals surface area contributed by atoms with Crippen molar-refractivity contribution >= 4 is 44.8 Å². The van der Waals surface area contributed by atoms with Crippen LogP contribution in [0.5, 0.6) is 0 Å². The first-order chi connectivity index (χ1) is 9.94. The lowest BCUT2D eigenvalue weighted by Crippen LogP contribution is -2.28. The molecule has 0 saturated carbocycles. The molecular weight excluding hydrogens is 368 g/mol. The molecule has 21 heavy (non-hydrogen) atoms. The van der Waals surface area contributed by atoms with E-state index in [0.29, 0.717) is 12.0 Å². The number of halogens is 1. The molecule has 0 aromatic carbocycles. The van der Waals surface area contributed by atoms with E-state index in [1.807, 2.05) is 0 Å². The van der Waals surface area contributed by atoms with Crippen LogP contribution in [-0.4, -0.2) is 15.8 Å². The van der Waals surface area contributed by atoms with Gasteiger partial charge in [-0.1, -0.05) is 25.6 Å². The van der Waals surface area contributed by atoms with Gasteiger partial charge in [0.25, 0.3) is 0 Å². The zero-order chi connectivity index (χ0) is 15.0. The molecule has 0 bridgehead atoms. The molecule has 1 aliphatic carbocycles. The molecule has 0 N–H and O–H groups in total. The van der Waals surface area contributed by atoms with E-state index in [1.54, 1.807) is 29.3 Å². The average Bonchev–Trinajstić information content (AvgIpc) is 2.80. The maximum Gasteiger partial charge on any atom is 0.188 e. The van der Waals surface area contributed by atoms with Crippen molar-refractivity contribution in [2.24, 2.45) is 5.41 Å².